The molecule has 2 atom stereocenters. The minimum absolute atomic E-state index is 0.0492. The summed E-state index contributed by atoms with van der Waals surface area (Å²) in [6.07, 6.45) is 0.910. The molecule has 0 aromatic carbocycles. The largest absolute Gasteiger partial charge is 0.314 e. The van der Waals surface area contributed by atoms with Crippen molar-refractivity contribution in [2.75, 3.05) is 6.54 Å². The Morgan fingerprint density at radius 3 is 2.53 bits per heavy atom. The summed E-state index contributed by atoms with van der Waals surface area (Å²) >= 11 is 0. The molecule has 0 aliphatic carbocycles. The third-order valence-electron chi connectivity index (χ3n) is 3.46. The number of likely N-dealkylation sites (N-methyl/N-ethyl adjacent to an activating group) is 1. The SMILES string of the molecule is CCCn1nc(C)c([N+](=O)[O-])c1C(C)C(C)NCC. The molecule has 0 aliphatic heterocycles. The van der Waals surface area contributed by atoms with Crippen molar-refractivity contribution in [3.63, 3.8) is 0 Å². The molecule has 6 heteroatoms. The zero-order valence-electron chi connectivity index (χ0n) is 12.4. The molecule has 0 amide bonds. The molecular weight excluding hydrogens is 244 g/mol. The highest BCUT2D eigenvalue weighted by Crippen LogP contribution is 2.31. The van der Waals surface area contributed by atoms with Gasteiger partial charge in [-0.3, -0.25) is 14.8 Å². The van der Waals surface area contributed by atoms with Gasteiger partial charge >= 0.3 is 5.69 Å². The normalized spacial score (nSPS) is 14.4. The summed E-state index contributed by atoms with van der Waals surface area (Å²) in [6, 6.07) is 0.176. The van der Waals surface area contributed by atoms with Crippen LogP contribution in [-0.2, 0) is 6.54 Å². The molecular formula is C13H24N4O2. The van der Waals surface area contributed by atoms with Crippen LogP contribution in [0.1, 0.15) is 51.4 Å². The summed E-state index contributed by atoms with van der Waals surface area (Å²) in [4.78, 5) is 11.0. The van der Waals surface area contributed by atoms with E-state index in [1.807, 2.05) is 20.8 Å². The van der Waals surface area contributed by atoms with Gasteiger partial charge in [0.2, 0.25) is 0 Å². The van der Waals surface area contributed by atoms with Crippen molar-refractivity contribution in [1.82, 2.24) is 15.1 Å². The first-order valence-electron chi connectivity index (χ1n) is 6.89. The summed E-state index contributed by atoms with van der Waals surface area (Å²) in [6.45, 7) is 11.4. The Morgan fingerprint density at radius 2 is 2.05 bits per heavy atom. The minimum atomic E-state index is -0.307. The van der Waals surface area contributed by atoms with Crippen molar-refractivity contribution in [3.05, 3.63) is 21.5 Å². The molecule has 1 aromatic heterocycles. The maximum atomic E-state index is 11.3. The highest BCUT2D eigenvalue weighted by Gasteiger charge is 2.31. The standard InChI is InChI=1S/C13H24N4O2/c1-6-8-16-12(9(3)10(4)14-7-2)13(17(18)19)11(5)15-16/h9-10,14H,6-8H2,1-5H3. The Hall–Kier alpha value is -1.43. The summed E-state index contributed by atoms with van der Waals surface area (Å²) in [7, 11) is 0. The van der Waals surface area contributed by atoms with Gasteiger partial charge < -0.3 is 5.32 Å². The van der Waals surface area contributed by atoms with Gasteiger partial charge in [0.05, 0.1) is 4.92 Å². The Morgan fingerprint density at radius 1 is 1.42 bits per heavy atom. The van der Waals surface area contributed by atoms with E-state index in [1.165, 1.54) is 0 Å². The monoisotopic (exact) mass is 268 g/mol. The van der Waals surface area contributed by atoms with Crippen LogP contribution in [-0.4, -0.2) is 27.3 Å². The molecule has 1 aromatic rings. The fourth-order valence-corrected chi connectivity index (χ4v) is 2.38. The minimum Gasteiger partial charge on any atom is -0.314 e. The first kappa shape index (κ1) is 15.6. The topological polar surface area (TPSA) is 73.0 Å². The molecule has 1 N–H and O–H groups in total. The lowest BCUT2D eigenvalue weighted by atomic mass is 9.97. The summed E-state index contributed by atoms with van der Waals surface area (Å²) in [5, 5.41) is 18.9. The van der Waals surface area contributed by atoms with E-state index in [2.05, 4.69) is 17.3 Å². The maximum absolute atomic E-state index is 11.3. The van der Waals surface area contributed by atoms with Crippen LogP contribution >= 0.6 is 0 Å². The van der Waals surface area contributed by atoms with Crippen LogP contribution in [0.3, 0.4) is 0 Å². The molecule has 0 spiro atoms. The number of rotatable bonds is 7. The lowest BCUT2D eigenvalue weighted by molar-refractivity contribution is -0.386. The van der Waals surface area contributed by atoms with E-state index in [0.717, 1.165) is 18.7 Å². The summed E-state index contributed by atoms with van der Waals surface area (Å²) in [5.41, 5.74) is 1.41. The average molecular weight is 268 g/mol. The molecule has 2 unspecified atom stereocenters. The van der Waals surface area contributed by atoms with Crippen LogP contribution in [0, 0.1) is 17.0 Å². The van der Waals surface area contributed by atoms with Gasteiger partial charge in [-0.05, 0) is 26.8 Å². The van der Waals surface area contributed by atoms with Gasteiger partial charge in [0.1, 0.15) is 11.4 Å². The molecule has 0 fully saturated rings. The highest BCUT2D eigenvalue weighted by atomic mass is 16.6. The molecule has 108 valence electrons. The number of hydrogen-bond acceptors (Lipinski definition) is 4. The van der Waals surface area contributed by atoms with Gasteiger partial charge in [0, 0.05) is 18.5 Å². The van der Waals surface area contributed by atoms with Gasteiger partial charge in [0.15, 0.2) is 0 Å². The maximum Gasteiger partial charge on any atom is 0.313 e. The van der Waals surface area contributed by atoms with Crippen molar-refractivity contribution in [1.29, 1.82) is 0 Å². The Kier molecular flexibility index (Phi) is 5.47. The molecule has 1 rings (SSSR count). The fraction of sp³-hybridized carbons (Fsp3) is 0.769. The van der Waals surface area contributed by atoms with Crippen molar-refractivity contribution in [3.8, 4) is 0 Å². The van der Waals surface area contributed by atoms with E-state index in [-0.39, 0.29) is 22.6 Å². The van der Waals surface area contributed by atoms with E-state index in [4.69, 9.17) is 0 Å². The number of nitro groups is 1. The van der Waals surface area contributed by atoms with Crippen LogP contribution in [0.15, 0.2) is 0 Å². The number of nitrogens with one attached hydrogen (secondary N) is 1. The van der Waals surface area contributed by atoms with E-state index >= 15 is 0 Å². The van der Waals surface area contributed by atoms with Crippen molar-refractivity contribution in [2.45, 2.75) is 59.5 Å². The van der Waals surface area contributed by atoms with E-state index < -0.39 is 0 Å². The summed E-state index contributed by atoms with van der Waals surface area (Å²) < 4.78 is 1.80. The Balaban J connectivity index is 3.24. The smallest absolute Gasteiger partial charge is 0.313 e. The second kappa shape index (κ2) is 6.65. The molecule has 1 heterocycles. The predicted octanol–water partition coefficient (Wildman–Crippen LogP) is 2.61. The molecule has 0 saturated carbocycles. The number of hydrogen-bond donors (Lipinski definition) is 1. The molecule has 19 heavy (non-hydrogen) atoms. The van der Waals surface area contributed by atoms with E-state index in [0.29, 0.717) is 12.2 Å². The third-order valence-corrected chi connectivity index (χ3v) is 3.46. The van der Waals surface area contributed by atoms with Crippen LogP contribution in [0.2, 0.25) is 0 Å². The Labute approximate surface area is 114 Å². The molecule has 0 aliphatic rings. The lowest BCUT2D eigenvalue weighted by Gasteiger charge is -2.21. The average Bonchev–Trinajstić information content (AvgIpc) is 2.65. The van der Waals surface area contributed by atoms with Crippen molar-refractivity contribution < 1.29 is 4.92 Å². The van der Waals surface area contributed by atoms with Gasteiger partial charge in [-0.15, -0.1) is 0 Å². The van der Waals surface area contributed by atoms with Crippen LogP contribution in [0.25, 0.3) is 0 Å². The van der Waals surface area contributed by atoms with E-state index in [1.54, 1.807) is 11.6 Å². The van der Waals surface area contributed by atoms with Gasteiger partial charge in [-0.25, -0.2) is 0 Å². The number of aryl methyl sites for hydroxylation is 2. The fourth-order valence-electron chi connectivity index (χ4n) is 2.38. The van der Waals surface area contributed by atoms with E-state index in [9.17, 15) is 10.1 Å². The second-order valence-electron chi connectivity index (χ2n) is 4.93. The lowest BCUT2D eigenvalue weighted by Crippen LogP contribution is -2.32. The van der Waals surface area contributed by atoms with Gasteiger partial charge in [-0.1, -0.05) is 20.8 Å². The predicted molar refractivity (Wildman–Crippen MR) is 75.5 cm³/mol. The summed E-state index contributed by atoms with van der Waals surface area (Å²) in [5.74, 6) is 0.0492. The second-order valence-corrected chi connectivity index (χ2v) is 4.93. The van der Waals surface area contributed by atoms with Crippen molar-refractivity contribution in [2.24, 2.45) is 0 Å². The van der Waals surface area contributed by atoms with Crippen LogP contribution in [0.4, 0.5) is 5.69 Å². The molecule has 0 bridgehead atoms. The highest BCUT2D eigenvalue weighted by molar-refractivity contribution is 5.43. The van der Waals surface area contributed by atoms with Gasteiger partial charge in [0.25, 0.3) is 0 Å². The van der Waals surface area contributed by atoms with Crippen LogP contribution < -0.4 is 5.32 Å². The Bertz CT molecular complexity index is 442. The van der Waals surface area contributed by atoms with Crippen molar-refractivity contribution >= 4 is 5.69 Å². The van der Waals surface area contributed by atoms with Crippen LogP contribution in [0.5, 0.6) is 0 Å². The zero-order valence-corrected chi connectivity index (χ0v) is 12.4. The third kappa shape index (κ3) is 3.32. The number of nitrogens with zero attached hydrogens (tertiary/aromatic N) is 3. The quantitative estimate of drug-likeness (QED) is 0.609. The molecule has 0 radical (unpaired) electrons. The number of aromatic nitrogens is 2. The first-order chi connectivity index (χ1) is 8.93. The molecule has 6 nitrogen and oxygen atoms in total. The zero-order chi connectivity index (χ0) is 14.6. The molecule has 0 saturated heterocycles. The first-order valence-corrected chi connectivity index (χ1v) is 6.89. The van der Waals surface area contributed by atoms with Gasteiger partial charge in [-0.2, -0.15) is 5.10 Å².